The topological polar surface area (TPSA) is 19.0 Å². The summed E-state index contributed by atoms with van der Waals surface area (Å²) in [6, 6.07) is 6.33. The Bertz CT molecular complexity index is 491. The molecule has 0 aliphatic heterocycles. The molecule has 0 bridgehead atoms. The molecule has 0 atom stereocenters. The Morgan fingerprint density at radius 3 is 2.73 bits per heavy atom. The summed E-state index contributed by atoms with van der Waals surface area (Å²) in [4.78, 5) is 4.38. The van der Waals surface area contributed by atoms with E-state index in [1.807, 2.05) is 21.0 Å². The summed E-state index contributed by atoms with van der Waals surface area (Å²) in [5.74, 6) is 0. The average Bonchev–Trinajstić information content (AvgIpc) is 2.43. The number of halogens is 1. The van der Waals surface area contributed by atoms with Gasteiger partial charge in [-0.15, -0.1) is 0 Å². The maximum absolute atomic E-state index is 6.04. The summed E-state index contributed by atoms with van der Waals surface area (Å²) in [6.07, 6.45) is 0. The first-order valence-electron chi connectivity index (χ1n) is 4.71. The molecule has 0 amide bonds. The predicted molar refractivity (Wildman–Crippen MR) is 67.6 cm³/mol. The van der Waals surface area contributed by atoms with Gasteiger partial charge in [-0.2, -0.15) is 0 Å². The van der Waals surface area contributed by atoms with Gasteiger partial charge in [0.15, 0.2) is 0 Å². The van der Waals surface area contributed by atoms with Gasteiger partial charge in [0.2, 0.25) is 0 Å². The highest BCUT2D eigenvalue weighted by Crippen LogP contribution is 2.29. The fraction of sp³-hybridized carbons (Fsp3) is 0.273. The minimum atomic E-state index is 0.733. The molecular weight excluding hydrogens is 228 g/mol. The Kier molecular flexibility index (Phi) is 2.96. The summed E-state index contributed by atoms with van der Waals surface area (Å²) < 4.78 is 2.07. The zero-order valence-corrected chi connectivity index (χ0v) is 10.5. The zero-order valence-electron chi connectivity index (χ0n) is 8.97. The third-order valence-corrected chi connectivity index (χ3v) is 3.46. The SMILES string of the molecule is Cc1c(Cl)[nH]c2ccc(SN(C)C)cc12. The maximum atomic E-state index is 6.04. The molecule has 0 fully saturated rings. The van der Waals surface area contributed by atoms with E-state index in [1.54, 1.807) is 11.9 Å². The van der Waals surface area contributed by atoms with Crippen LogP contribution in [-0.2, 0) is 0 Å². The highest BCUT2D eigenvalue weighted by Gasteiger charge is 2.06. The van der Waals surface area contributed by atoms with Gasteiger partial charge in [-0.3, -0.25) is 4.31 Å². The number of hydrogen-bond acceptors (Lipinski definition) is 2. The van der Waals surface area contributed by atoms with E-state index in [-0.39, 0.29) is 0 Å². The van der Waals surface area contributed by atoms with E-state index in [4.69, 9.17) is 11.6 Å². The molecular formula is C11H13ClN2S. The van der Waals surface area contributed by atoms with Gasteiger partial charge in [-0.25, -0.2) is 0 Å². The highest BCUT2D eigenvalue weighted by molar-refractivity contribution is 7.97. The average molecular weight is 241 g/mol. The molecule has 0 saturated heterocycles. The maximum Gasteiger partial charge on any atom is 0.110 e. The molecule has 0 radical (unpaired) electrons. The van der Waals surface area contributed by atoms with E-state index < -0.39 is 0 Å². The van der Waals surface area contributed by atoms with E-state index in [0.29, 0.717) is 0 Å². The van der Waals surface area contributed by atoms with Crippen molar-refractivity contribution in [1.29, 1.82) is 0 Å². The van der Waals surface area contributed by atoms with Crippen LogP contribution in [0.15, 0.2) is 23.1 Å². The smallest absolute Gasteiger partial charge is 0.110 e. The number of aromatic nitrogens is 1. The van der Waals surface area contributed by atoms with Crippen LogP contribution in [0.3, 0.4) is 0 Å². The van der Waals surface area contributed by atoms with Crippen molar-refractivity contribution in [2.75, 3.05) is 14.1 Å². The lowest BCUT2D eigenvalue weighted by Crippen LogP contribution is -1.98. The summed E-state index contributed by atoms with van der Waals surface area (Å²) in [5, 5.41) is 1.93. The second-order valence-electron chi connectivity index (χ2n) is 3.68. The van der Waals surface area contributed by atoms with Crippen molar-refractivity contribution in [2.24, 2.45) is 0 Å². The Morgan fingerprint density at radius 1 is 1.33 bits per heavy atom. The molecule has 0 spiro atoms. The lowest BCUT2D eigenvalue weighted by molar-refractivity contribution is 0.703. The summed E-state index contributed by atoms with van der Waals surface area (Å²) in [6.45, 7) is 2.03. The molecule has 0 aliphatic carbocycles. The van der Waals surface area contributed by atoms with E-state index in [2.05, 4.69) is 27.5 Å². The van der Waals surface area contributed by atoms with Gasteiger partial charge in [-0.1, -0.05) is 11.6 Å². The molecule has 1 heterocycles. The predicted octanol–water partition coefficient (Wildman–Crippen LogP) is 3.70. The number of aryl methyl sites for hydroxylation is 1. The van der Waals surface area contributed by atoms with E-state index in [1.165, 1.54) is 10.3 Å². The number of benzene rings is 1. The van der Waals surface area contributed by atoms with Gasteiger partial charge in [0.25, 0.3) is 0 Å². The Hall–Kier alpha value is -0.640. The molecule has 2 nitrogen and oxygen atoms in total. The fourth-order valence-electron chi connectivity index (χ4n) is 1.54. The van der Waals surface area contributed by atoms with Crippen LogP contribution in [0.2, 0.25) is 5.15 Å². The fourth-order valence-corrected chi connectivity index (χ4v) is 2.47. The Morgan fingerprint density at radius 2 is 2.07 bits per heavy atom. The van der Waals surface area contributed by atoms with Crippen LogP contribution in [0.1, 0.15) is 5.56 Å². The molecule has 1 aromatic heterocycles. The lowest BCUT2D eigenvalue weighted by atomic mass is 10.2. The number of rotatable bonds is 2. The molecule has 2 aromatic rings. The summed E-state index contributed by atoms with van der Waals surface area (Å²) in [7, 11) is 4.07. The van der Waals surface area contributed by atoms with Gasteiger partial charge < -0.3 is 4.98 Å². The van der Waals surface area contributed by atoms with Crippen molar-refractivity contribution in [1.82, 2.24) is 9.29 Å². The van der Waals surface area contributed by atoms with Crippen molar-refractivity contribution >= 4 is 34.5 Å². The van der Waals surface area contributed by atoms with Gasteiger partial charge in [0.1, 0.15) is 5.15 Å². The molecule has 1 N–H and O–H groups in total. The summed E-state index contributed by atoms with van der Waals surface area (Å²) in [5.41, 5.74) is 2.22. The standard InChI is InChI=1S/C11H13ClN2S/c1-7-9-6-8(15-14(2)3)4-5-10(9)13-11(7)12/h4-6,13H,1-3H3. The second kappa shape index (κ2) is 4.08. The normalized spacial score (nSPS) is 11.5. The number of H-pyrrole nitrogens is 1. The number of nitrogens with one attached hydrogen (secondary N) is 1. The third kappa shape index (κ3) is 2.14. The van der Waals surface area contributed by atoms with Gasteiger partial charge in [0.05, 0.1) is 0 Å². The zero-order chi connectivity index (χ0) is 11.0. The lowest BCUT2D eigenvalue weighted by Gasteiger charge is -2.08. The number of nitrogens with zero attached hydrogens (tertiary/aromatic N) is 1. The van der Waals surface area contributed by atoms with Crippen molar-refractivity contribution in [3.8, 4) is 0 Å². The highest BCUT2D eigenvalue weighted by atomic mass is 35.5. The Balaban J connectivity index is 2.49. The van der Waals surface area contributed by atoms with Crippen LogP contribution in [0.4, 0.5) is 0 Å². The summed E-state index contributed by atoms with van der Waals surface area (Å²) >= 11 is 7.74. The quantitative estimate of drug-likeness (QED) is 0.808. The van der Waals surface area contributed by atoms with Crippen LogP contribution in [-0.4, -0.2) is 23.4 Å². The molecule has 0 unspecified atom stereocenters. The van der Waals surface area contributed by atoms with Crippen LogP contribution >= 0.6 is 23.5 Å². The first kappa shape index (κ1) is 10.9. The first-order chi connectivity index (χ1) is 7.08. The van der Waals surface area contributed by atoms with Crippen molar-refractivity contribution < 1.29 is 0 Å². The third-order valence-electron chi connectivity index (χ3n) is 2.26. The van der Waals surface area contributed by atoms with Crippen LogP contribution in [0, 0.1) is 6.92 Å². The Labute approximate surface area is 98.7 Å². The van der Waals surface area contributed by atoms with E-state index >= 15 is 0 Å². The molecule has 1 aromatic carbocycles. The number of aromatic amines is 1. The number of hydrogen-bond donors (Lipinski definition) is 1. The molecule has 0 saturated carbocycles. The number of fused-ring (bicyclic) bond motifs is 1. The second-order valence-corrected chi connectivity index (χ2v) is 5.44. The minimum absolute atomic E-state index is 0.733. The molecule has 15 heavy (non-hydrogen) atoms. The van der Waals surface area contributed by atoms with Crippen LogP contribution in [0.25, 0.3) is 10.9 Å². The van der Waals surface area contributed by atoms with Crippen LogP contribution in [0.5, 0.6) is 0 Å². The van der Waals surface area contributed by atoms with Gasteiger partial charge in [-0.05, 0) is 56.7 Å². The molecule has 4 heteroatoms. The largest absolute Gasteiger partial charge is 0.345 e. The van der Waals surface area contributed by atoms with Crippen molar-refractivity contribution in [2.45, 2.75) is 11.8 Å². The van der Waals surface area contributed by atoms with Gasteiger partial charge >= 0.3 is 0 Å². The monoisotopic (exact) mass is 240 g/mol. The molecule has 0 aliphatic rings. The molecule has 80 valence electrons. The van der Waals surface area contributed by atoms with Crippen molar-refractivity contribution in [3.63, 3.8) is 0 Å². The minimum Gasteiger partial charge on any atom is -0.345 e. The molecule has 2 rings (SSSR count). The van der Waals surface area contributed by atoms with Gasteiger partial charge in [0, 0.05) is 15.8 Å². The van der Waals surface area contributed by atoms with Crippen LogP contribution < -0.4 is 0 Å². The first-order valence-corrected chi connectivity index (χ1v) is 5.86. The van der Waals surface area contributed by atoms with Crippen molar-refractivity contribution in [3.05, 3.63) is 28.9 Å². The van der Waals surface area contributed by atoms with E-state index in [0.717, 1.165) is 16.2 Å². The van der Waals surface area contributed by atoms with E-state index in [9.17, 15) is 0 Å².